The van der Waals surface area contributed by atoms with Crippen LogP contribution in [-0.4, -0.2) is 6.85 Å². The fourth-order valence-electron chi connectivity index (χ4n) is 11.9. The highest BCUT2D eigenvalue weighted by atomic mass is 32.1. The number of para-hydroxylation sites is 2. The molecule has 0 saturated heterocycles. The highest BCUT2D eigenvalue weighted by molar-refractivity contribution is 7.25. The maximum Gasteiger partial charge on any atom is 0.333 e. The molecule has 0 amide bonds. The van der Waals surface area contributed by atoms with Crippen LogP contribution in [0.15, 0.2) is 146 Å². The normalized spacial score (nSPS) is 16.0. The molecule has 0 bridgehead atoms. The summed E-state index contributed by atoms with van der Waals surface area (Å²) in [6, 6.07) is 54.6. The second-order valence-corrected chi connectivity index (χ2v) is 23.2. The summed E-state index contributed by atoms with van der Waals surface area (Å²) in [6.45, 7) is 21.0. The van der Waals surface area contributed by atoms with Crippen molar-refractivity contribution in [2.75, 3.05) is 9.71 Å². The van der Waals surface area contributed by atoms with Crippen molar-refractivity contribution in [1.82, 2.24) is 0 Å². The number of thiophene rings is 1. The third-order valence-electron chi connectivity index (χ3n) is 15.7. The smallest absolute Gasteiger partial charge is 0.333 e. The molecular formula is C62H55BN2O2S. The van der Waals surface area contributed by atoms with Crippen molar-refractivity contribution in [3.8, 4) is 45.3 Å². The lowest BCUT2D eigenvalue weighted by Crippen LogP contribution is -2.61. The number of rotatable bonds is 3. The Bertz CT molecular complexity index is 3620. The van der Waals surface area contributed by atoms with Gasteiger partial charge in [0.05, 0.1) is 0 Å². The Kier molecular flexibility index (Phi) is 8.76. The van der Waals surface area contributed by atoms with E-state index in [9.17, 15) is 0 Å². The van der Waals surface area contributed by atoms with Crippen LogP contribution in [0.4, 0.5) is 28.4 Å². The quantitative estimate of drug-likeness (QED) is 0.165. The number of ether oxygens (including phenoxy) is 2. The van der Waals surface area contributed by atoms with Gasteiger partial charge in [-0.05, 0) is 153 Å². The molecule has 4 nitrogen and oxygen atoms in total. The molecule has 334 valence electrons. The van der Waals surface area contributed by atoms with Crippen LogP contribution in [0.25, 0.3) is 42.4 Å². The van der Waals surface area contributed by atoms with E-state index in [1.807, 2.05) is 35.6 Å². The highest BCUT2D eigenvalue weighted by Crippen LogP contribution is 2.56. The summed E-state index contributed by atoms with van der Waals surface area (Å²) in [6.07, 6.45) is 2.31. The van der Waals surface area contributed by atoms with Crippen molar-refractivity contribution in [2.45, 2.75) is 91.4 Å². The molecule has 3 aliphatic heterocycles. The van der Waals surface area contributed by atoms with Crippen molar-refractivity contribution in [3.05, 3.63) is 173 Å². The van der Waals surface area contributed by atoms with Gasteiger partial charge in [0.15, 0.2) is 23.0 Å². The number of aryl methyl sites for hydroxylation is 2. The zero-order valence-electron chi connectivity index (χ0n) is 40.5. The average Bonchev–Trinajstić information content (AvgIpc) is 3.69. The molecule has 0 spiro atoms. The Morgan fingerprint density at radius 3 is 1.94 bits per heavy atom. The number of hydrogen-bond donors (Lipinski definition) is 0. The minimum atomic E-state index is -0.228. The molecule has 0 atom stereocenters. The average molecular weight is 903 g/mol. The van der Waals surface area contributed by atoms with E-state index >= 15 is 0 Å². The molecule has 0 unspecified atom stereocenters. The summed E-state index contributed by atoms with van der Waals surface area (Å²) in [5.74, 6) is 2.89. The number of hydrogen-bond acceptors (Lipinski definition) is 5. The first-order valence-electron chi connectivity index (χ1n) is 24.3. The molecule has 0 fully saturated rings. The first kappa shape index (κ1) is 41.4. The molecular weight excluding hydrogens is 848 g/mol. The van der Waals surface area contributed by atoms with Crippen molar-refractivity contribution in [1.29, 1.82) is 0 Å². The lowest BCUT2D eigenvalue weighted by Gasteiger charge is -2.47. The fourth-order valence-corrected chi connectivity index (χ4v) is 13.0. The van der Waals surface area contributed by atoms with Gasteiger partial charge < -0.3 is 19.2 Å². The minimum Gasteiger partial charge on any atom is -0.450 e. The van der Waals surface area contributed by atoms with Gasteiger partial charge in [0, 0.05) is 65.8 Å². The third kappa shape index (κ3) is 6.12. The van der Waals surface area contributed by atoms with Crippen LogP contribution >= 0.6 is 11.3 Å². The van der Waals surface area contributed by atoms with Gasteiger partial charge in [0.2, 0.25) is 0 Å². The number of fused-ring (bicyclic) bond motifs is 10. The predicted molar refractivity (Wildman–Crippen MR) is 289 cm³/mol. The molecule has 6 heteroatoms. The summed E-state index contributed by atoms with van der Waals surface area (Å²) < 4.78 is 16.3. The lowest BCUT2D eigenvalue weighted by molar-refractivity contribution is 0.332. The molecule has 13 rings (SSSR count). The molecule has 1 aliphatic carbocycles. The van der Waals surface area contributed by atoms with Crippen molar-refractivity contribution in [2.24, 2.45) is 0 Å². The Hall–Kier alpha value is -6.76. The maximum absolute atomic E-state index is 6.87. The molecule has 0 radical (unpaired) electrons. The molecule has 0 N–H and O–H groups in total. The van der Waals surface area contributed by atoms with E-state index in [2.05, 4.69) is 193 Å². The van der Waals surface area contributed by atoms with E-state index in [1.54, 1.807) is 0 Å². The summed E-state index contributed by atoms with van der Waals surface area (Å²) in [5, 5.41) is 2.60. The highest BCUT2D eigenvalue weighted by Gasteiger charge is 2.48. The van der Waals surface area contributed by atoms with Gasteiger partial charge in [-0.1, -0.05) is 127 Å². The van der Waals surface area contributed by atoms with Crippen molar-refractivity contribution < 1.29 is 9.47 Å². The second kappa shape index (κ2) is 14.4. The predicted octanol–water partition coefficient (Wildman–Crippen LogP) is 16.6. The maximum atomic E-state index is 6.87. The summed E-state index contributed by atoms with van der Waals surface area (Å²) in [7, 11) is 0. The fraction of sp³-hybridized carbons (Fsp3) is 0.226. The third-order valence-corrected chi connectivity index (χ3v) is 16.8. The molecule has 1 aromatic heterocycles. The van der Waals surface area contributed by atoms with E-state index in [0.29, 0.717) is 0 Å². The Morgan fingerprint density at radius 2 is 1.21 bits per heavy atom. The van der Waals surface area contributed by atoms with E-state index in [0.717, 1.165) is 35.1 Å². The van der Waals surface area contributed by atoms with Crippen molar-refractivity contribution in [3.63, 3.8) is 0 Å². The van der Waals surface area contributed by atoms with Gasteiger partial charge in [-0.3, -0.25) is 0 Å². The van der Waals surface area contributed by atoms with Crippen LogP contribution in [0.2, 0.25) is 0 Å². The van der Waals surface area contributed by atoms with E-state index < -0.39 is 0 Å². The van der Waals surface area contributed by atoms with Crippen LogP contribution in [0.3, 0.4) is 0 Å². The van der Waals surface area contributed by atoms with E-state index in [-0.39, 0.29) is 23.1 Å². The van der Waals surface area contributed by atoms with Gasteiger partial charge in [-0.25, -0.2) is 0 Å². The molecule has 4 heterocycles. The summed E-state index contributed by atoms with van der Waals surface area (Å²) in [4.78, 5) is 5.26. The Labute approximate surface area is 404 Å². The van der Waals surface area contributed by atoms with Crippen LogP contribution in [0, 0.1) is 13.8 Å². The van der Waals surface area contributed by atoms with Crippen LogP contribution < -0.4 is 30.1 Å². The number of anilines is 5. The monoisotopic (exact) mass is 902 g/mol. The number of benzene rings is 8. The minimum absolute atomic E-state index is 0.0223. The second-order valence-electron chi connectivity index (χ2n) is 22.1. The molecule has 0 saturated carbocycles. The van der Waals surface area contributed by atoms with Crippen LogP contribution in [-0.2, 0) is 16.2 Å². The largest absolute Gasteiger partial charge is 0.450 e. The van der Waals surface area contributed by atoms with Gasteiger partial charge in [-0.15, -0.1) is 11.3 Å². The molecule has 8 aromatic carbocycles. The SMILES string of the molecule is Cc1cc2c3c(c1)N(c1cc4c(cc1C)C(C)(C)CCC4(C)C)c1cc4c(cc1B3N(c1ccc(C(C)(C)C)cc1-c1ccccc1)c1cc3sc5ccccc5c3cc1-2)Oc1ccccc1O4. The van der Waals surface area contributed by atoms with Crippen molar-refractivity contribution >= 4 is 77.7 Å². The Morgan fingerprint density at radius 1 is 0.529 bits per heavy atom. The van der Waals surface area contributed by atoms with E-state index in [1.165, 1.54) is 110 Å². The zero-order valence-corrected chi connectivity index (χ0v) is 41.3. The van der Waals surface area contributed by atoms with Crippen LogP contribution in [0.1, 0.15) is 89.1 Å². The van der Waals surface area contributed by atoms with Gasteiger partial charge in [0.25, 0.3) is 0 Å². The zero-order chi connectivity index (χ0) is 46.6. The molecule has 4 aliphatic rings. The van der Waals surface area contributed by atoms with E-state index in [4.69, 9.17) is 9.47 Å². The first-order chi connectivity index (χ1) is 32.6. The molecule has 68 heavy (non-hydrogen) atoms. The van der Waals surface area contributed by atoms with Gasteiger partial charge in [0.1, 0.15) is 0 Å². The number of nitrogens with zero attached hydrogens (tertiary/aromatic N) is 2. The summed E-state index contributed by atoms with van der Waals surface area (Å²) >= 11 is 1.88. The Balaban J connectivity index is 1.17. The molecule has 9 aromatic rings. The standard InChI is InChI=1S/C62H55BN2O2S/c1-36-27-44-42-31-43-40-19-13-16-22-57(40)68-58(43)35-50(42)65(48-24-23-39(60(3,4)5)30-41(48)38-17-11-10-12-18-38)63-47-33-55-56(67-54-21-15-14-20-53(54)66-55)34-51(47)64(52(28-36)59(44)63)49-32-46-45(29-37(49)2)61(6,7)25-26-62(46,8)9/h10-24,27-35H,25-26H2,1-9H3. The summed E-state index contributed by atoms with van der Waals surface area (Å²) in [5.41, 5.74) is 20.0. The topological polar surface area (TPSA) is 24.9 Å². The van der Waals surface area contributed by atoms with Gasteiger partial charge in [-0.2, -0.15) is 0 Å². The van der Waals surface area contributed by atoms with Crippen LogP contribution in [0.5, 0.6) is 23.0 Å². The van der Waals surface area contributed by atoms with Gasteiger partial charge >= 0.3 is 6.85 Å². The first-order valence-corrected chi connectivity index (χ1v) is 25.1. The lowest BCUT2D eigenvalue weighted by atomic mass is 9.43.